The van der Waals surface area contributed by atoms with E-state index in [1.807, 2.05) is 13.8 Å². The highest BCUT2D eigenvalue weighted by atomic mass is 79.9. The van der Waals surface area contributed by atoms with Crippen molar-refractivity contribution in [3.63, 3.8) is 0 Å². The molecule has 1 aromatic rings. The number of rotatable bonds is 0. The van der Waals surface area contributed by atoms with Crippen molar-refractivity contribution < 1.29 is 14.2 Å². The van der Waals surface area contributed by atoms with E-state index >= 15 is 0 Å². The van der Waals surface area contributed by atoms with Crippen LogP contribution in [0.5, 0.6) is 5.75 Å². The summed E-state index contributed by atoms with van der Waals surface area (Å²) >= 11 is 3.29. The Morgan fingerprint density at radius 2 is 2.20 bits per heavy atom. The molecule has 0 radical (unpaired) electrons. The molecule has 0 saturated heterocycles. The largest absolute Gasteiger partial charge is 0.484 e. The van der Waals surface area contributed by atoms with E-state index in [1.165, 1.54) is 6.07 Å². The molecule has 1 N–H and O–H groups in total. The summed E-state index contributed by atoms with van der Waals surface area (Å²) in [6.45, 7) is 3.67. The molecule has 0 aromatic heterocycles. The van der Waals surface area contributed by atoms with E-state index in [1.54, 1.807) is 6.07 Å². The van der Waals surface area contributed by atoms with Crippen LogP contribution in [0.1, 0.15) is 31.9 Å². The topological polar surface area (TPSA) is 29.5 Å². The second-order valence-corrected chi connectivity index (χ2v) is 5.21. The average molecular weight is 275 g/mol. The third kappa shape index (κ3) is 1.88. The number of benzene rings is 1. The third-order valence-electron chi connectivity index (χ3n) is 2.49. The maximum absolute atomic E-state index is 13.5. The maximum Gasteiger partial charge on any atom is 0.165 e. The van der Waals surface area contributed by atoms with Crippen molar-refractivity contribution in [2.75, 3.05) is 0 Å². The lowest BCUT2D eigenvalue weighted by Gasteiger charge is -2.36. The molecular weight excluding hydrogens is 263 g/mol. The smallest absolute Gasteiger partial charge is 0.165 e. The van der Waals surface area contributed by atoms with Gasteiger partial charge in [0.25, 0.3) is 0 Å². The fourth-order valence-corrected chi connectivity index (χ4v) is 2.43. The molecule has 0 saturated carbocycles. The van der Waals surface area contributed by atoms with E-state index in [2.05, 4.69) is 15.9 Å². The van der Waals surface area contributed by atoms with Crippen molar-refractivity contribution in [2.45, 2.75) is 32.0 Å². The first-order valence-electron chi connectivity index (χ1n) is 4.76. The molecule has 1 unspecified atom stereocenters. The summed E-state index contributed by atoms with van der Waals surface area (Å²) in [5.41, 5.74) is -0.0250. The molecule has 0 bridgehead atoms. The molecule has 0 fully saturated rings. The number of aliphatic hydroxyl groups excluding tert-OH is 1. The molecule has 2 nitrogen and oxygen atoms in total. The fraction of sp³-hybridized carbons (Fsp3) is 0.455. The zero-order valence-corrected chi connectivity index (χ0v) is 10.1. The maximum atomic E-state index is 13.5. The van der Waals surface area contributed by atoms with E-state index in [0.717, 1.165) is 0 Å². The monoisotopic (exact) mass is 274 g/mol. The Bertz CT molecular complexity index is 404. The summed E-state index contributed by atoms with van der Waals surface area (Å²) in [5, 5.41) is 9.93. The Labute approximate surface area is 96.2 Å². The Hall–Kier alpha value is -0.610. The Morgan fingerprint density at radius 3 is 2.87 bits per heavy atom. The molecule has 0 aliphatic carbocycles. The quantitative estimate of drug-likeness (QED) is 0.788. The second kappa shape index (κ2) is 3.46. The highest BCUT2D eigenvalue weighted by Crippen LogP contribution is 2.44. The van der Waals surface area contributed by atoms with Crippen LogP contribution >= 0.6 is 15.9 Å². The van der Waals surface area contributed by atoms with Crippen LogP contribution in [0.3, 0.4) is 0 Å². The molecule has 1 aliphatic rings. The van der Waals surface area contributed by atoms with Gasteiger partial charge in [-0.3, -0.25) is 0 Å². The van der Waals surface area contributed by atoms with Gasteiger partial charge in [-0.15, -0.1) is 0 Å². The predicted octanol–water partition coefficient (Wildman–Crippen LogP) is 3.18. The highest BCUT2D eigenvalue weighted by Gasteiger charge is 2.35. The second-order valence-electron chi connectivity index (χ2n) is 4.35. The van der Waals surface area contributed by atoms with E-state index in [0.29, 0.717) is 16.5 Å². The van der Waals surface area contributed by atoms with Crippen LogP contribution in [0.2, 0.25) is 0 Å². The minimum atomic E-state index is -0.686. The summed E-state index contributed by atoms with van der Waals surface area (Å²) in [6, 6.07) is 2.91. The third-order valence-corrected chi connectivity index (χ3v) is 3.18. The number of hydrogen-bond donors (Lipinski definition) is 1. The minimum absolute atomic E-state index is 0.160. The first-order chi connectivity index (χ1) is 6.91. The average Bonchev–Trinajstić information content (AvgIpc) is 2.09. The standard InChI is InChI=1S/C11H12BrFO2/c1-11(2)5-8(14)9-6(12)3-4-7(13)10(9)15-11/h3-4,8,14H,5H2,1-2H3. The number of fused-ring (bicyclic) bond motifs is 1. The van der Waals surface area contributed by atoms with Crippen molar-refractivity contribution in [3.05, 3.63) is 28.0 Å². The molecule has 1 heterocycles. The lowest BCUT2D eigenvalue weighted by Crippen LogP contribution is -2.35. The minimum Gasteiger partial charge on any atom is -0.484 e. The number of hydrogen-bond acceptors (Lipinski definition) is 2. The van der Waals surface area contributed by atoms with Crippen LogP contribution in [0.4, 0.5) is 4.39 Å². The van der Waals surface area contributed by atoms with Gasteiger partial charge in [-0.25, -0.2) is 4.39 Å². The first kappa shape index (κ1) is 10.9. The van der Waals surface area contributed by atoms with Crippen LogP contribution in [0.25, 0.3) is 0 Å². The summed E-state index contributed by atoms with van der Waals surface area (Å²) in [6.07, 6.45) is -0.226. The number of ether oxygens (including phenoxy) is 1. The van der Waals surface area contributed by atoms with Crippen LogP contribution in [0.15, 0.2) is 16.6 Å². The van der Waals surface area contributed by atoms with Crippen molar-refractivity contribution in [1.29, 1.82) is 0 Å². The van der Waals surface area contributed by atoms with Gasteiger partial charge in [0.1, 0.15) is 5.60 Å². The van der Waals surface area contributed by atoms with E-state index in [-0.39, 0.29) is 5.75 Å². The highest BCUT2D eigenvalue weighted by molar-refractivity contribution is 9.10. The molecular formula is C11H12BrFO2. The van der Waals surface area contributed by atoms with Crippen molar-refractivity contribution >= 4 is 15.9 Å². The number of halogens is 2. The van der Waals surface area contributed by atoms with Crippen LogP contribution < -0.4 is 4.74 Å². The predicted molar refractivity (Wildman–Crippen MR) is 58.4 cm³/mol. The molecule has 0 spiro atoms. The van der Waals surface area contributed by atoms with Crippen LogP contribution in [-0.2, 0) is 0 Å². The lowest BCUT2D eigenvalue weighted by atomic mass is 9.92. The summed E-state index contributed by atoms with van der Waals surface area (Å²) < 4.78 is 19.7. The molecule has 2 rings (SSSR count). The van der Waals surface area contributed by atoms with E-state index in [4.69, 9.17) is 4.74 Å². The molecule has 1 aliphatic heterocycles. The first-order valence-corrected chi connectivity index (χ1v) is 5.55. The van der Waals surface area contributed by atoms with Gasteiger partial charge in [-0.1, -0.05) is 15.9 Å². The van der Waals surface area contributed by atoms with Crippen LogP contribution in [-0.4, -0.2) is 10.7 Å². The Morgan fingerprint density at radius 1 is 1.53 bits per heavy atom. The number of aliphatic hydroxyl groups is 1. The SMILES string of the molecule is CC1(C)CC(O)c2c(Br)ccc(F)c2O1. The molecule has 15 heavy (non-hydrogen) atoms. The van der Waals surface area contributed by atoms with Crippen molar-refractivity contribution in [3.8, 4) is 5.75 Å². The summed E-state index contributed by atoms with van der Waals surface area (Å²) in [7, 11) is 0. The lowest BCUT2D eigenvalue weighted by molar-refractivity contribution is 0.00752. The molecule has 1 atom stereocenters. The zero-order chi connectivity index (χ0) is 11.2. The summed E-state index contributed by atoms with van der Waals surface area (Å²) in [4.78, 5) is 0. The fourth-order valence-electron chi connectivity index (χ4n) is 1.85. The van der Waals surface area contributed by atoms with Gasteiger partial charge in [0.2, 0.25) is 0 Å². The zero-order valence-electron chi connectivity index (χ0n) is 8.55. The van der Waals surface area contributed by atoms with Crippen molar-refractivity contribution in [1.82, 2.24) is 0 Å². The van der Waals surface area contributed by atoms with Crippen molar-refractivity contribution in [2.24, 2.45) is 0 Å². The molecule has 1 aromatic carbocycles. The van der Waals surface area contributed by atoms with Gasteiger partial charge in [-0.05, 0) is 26.0 Å². The van der Waals surface area contributed by atoms with Gasteiger partial charge < -0.3 is 9.84 Å². The molecule has 4 heteroatoms. The molecule has 0 amide bonds. The normalized spacial score (nSPS) is 23.1. The molecule has 82 valence electrons. The van der Waals surface area contributed by atoms with Crippen LogP contribution in [0, 0.1) is 5.82 Å². The van der Waals surface area contributed by atoms with Gasteiger partial charge in [0.05, 0.1) is 6.10 Å². The van der Waals surface area contributed by atoms with Gasteiger partial charge in [-0.2, -0.15) is 0 Å². The Kier molecular flexibility index (Phi) is 2.51. The summed E-state index contributed by atoms with van der Waals surface area (Å²) in [5.74, 6) is -0.270. The van der Waals surface area contributed by atoms with Gasteiger partial charge >= 0.3 is 0 Å². The van der Waals surface area contributed by atoms with E-state index < -0.39 is 17.5 Å². The Balaban J connectivity index is 2.59. The van der Waals surface area contributed by atoms with Gasteiger partial charge in [0, 0.05) is 16.5 Å². The van der Waals surface area contributed by atoms with E-state index in [9.17, 15) is 9.50 Å². The van der Waals surface area contributed by atoms with Gasteiger partial charge in [0.15, 0.2) is 11.6 Å².